The molecule has 0 aliphatic rings. The highest BCUT2D eigenvalue weighted by atomic mass is 16.5. The van der Waals surface area contributed by atoms with Crippen molar-refractivity contribution in [2.45, 2.75) is 123 Å². The van der Waals surface area contributed by atoms with Gasteiger partial charge in [0.2, 0.25) is 0 Å². The van der Waals surface area contributed by atoms with E-state index in [1.54, 1.807) is 0 Å². The minimum absolute atomic E-state index is 0.178. The van der Waals surface area contributed by atoms with Crippen LogP contribution in [-0.4, -0.2) is 13.1 Å². The molecule has 0 bridgehead atoms. The Balaban J connectivity index is 1.28. The number of ether oxygens (including phenoxy) is 2. The van der Waals surface area contributed by atoms with Gasteiger partial charge in [0.15, 0.2) is 11.5 Å². The first-order valence-electron chi connectivity index (χ1n) is 19.2. The molecule has 0 atom stereocenters. The van der Waals surface area contributed by atoms with Crippen molar-refractivity contribution in [3.63, 3.8) is 0 Å². The Hall–Kier alpha value is -3.92. The van der Waals surface area contributed by atoms with Gasteiger partial charge >= 0.3 is 0 Å². The summed E-state index contributed by atoms with van der Waals surface area (Å²) in [4.78, 5) is 0. The van der Waals surface area contributed by atoms with E-state index in [0.717, 1.165) is 47.5 Å². The molecule has 0 amide bonds. The van der Waals surface area contributed by atoms with E-state index in [4.69, 9.17) is 9.47 Å². The van der Waals surface area contributed by atoms with Crippen molar-refractivity contribution in [2.75, 3.05) is 23.7 Å². The molecule has 0 unspecified atom stereocenters. The third kappa shape index (κ3) is 12.8. The second-order valence-corrected chi connectivity index (χ2v) is 14.0. The third-order valence-electron chi connectivity index (χ3n) is 9.57. The van der Waals surface area contributed by atoms with Crippen LogP contribution < -0.4 is 20.1 Å². The van der Waals surface area contributed by atoms with E-state index in [1.165, 1.54) is 101 Å². The normalized spacial score (nSPS) is 11.3. The monoisotopic (exact) mass is 662 g/mol. The third-order valence-corrected chi connectivity index (χ3v) is 9.57. The SMILES string of the molecule is CCCCCCCCCNc1ccccc1Oc1ccc(C(C)(C)c2ccc(Oc3ccccc3NCCCCCCCCC)cc2)cc1. The fourth-order valence-electron chi connectivity index (χ4n) is 6.31. The van der Waals surface area contributed by atoms with Gasteiger partial charge in [0, 0.05) is 18.5 Å². The molecule has 4 heteroatoms. The predicted molar refractivity (Wildman–Crippen MR) is 211 cm³/mol. The van der Waals surface area contributed by atoms with Crippen LogP contribution in [0.5, 0.6) is 23.0 Å². The molecule has 4 aromatic carbocycles. The van der Waals surface area contributed by atoms with E-state index in [0.29, 0.717) is 0 Å². The van der Waals surface area contributed by atoms with Crippen molar-refractivity contribution >= 4 is 11.4 Å². The molecule has 2 N–H and O–H groups in total. The van der Waals surface area contributed by atoms with Crippen molar-refractivity contribution in [2.24, 2.45) is 0 Å². The first kappa shape index (κ1) is 37.9. The predicted octanol–water partition coefficient (Wildman–Crippen LogP) is 13.9. The van der Waals surface area contributed by atoms with Crippen molar-refractivity contribution in [1.82, 2.24) is 0 Å². The van der Waals surface area contributed by atoms with Crippen LogP contribution in [0.1, 0.15) is 129 Å². The van der Waals surface area contributed by atoms with Gasteiger partial charge in [-0.3, -0.25) is 0 Å². The van der Waals surface area contributed by atoms with Gasteiger partial charge in [0.05, 0.1) is 11.4 Å². The maximum Gasteiger partial charge on any atom is 0.150 e. The molecule has 0 saturated heterocycles. The summed E-state index contributed by atoms with van der Waals surface area (Å²) in [6.45, 7) is 11.0. The Morgan fingerprint density at radius 1 is 0.429 bits per heavy atom. The summed E-state index contributed by atoms with van der Waals surface area (Å²) in [7, 11) is 0. The number of anilines is 2. The summed E-state index contributed by atoms with van der Waals surface area (Å²) in [5, 5.41) is 7.19. The van der Waals surface area contributed by atoms with E-state index in [1.807, 2.05) is 24.3 Å². The van der Waals surface area contributed by atoms with Crippen molar-refractivity contribution in [1.29, 1.82) is 0 Å². The molecule has 4 aromatic rings. The van der Waals surface area contributed by atoms with Gasteiger partial charge < -0.3 is 20.1 Å². The van der Waals surface area contributed by atoms with Crippen molar-refractivity contribution in [3.05, 3.63) is 108 Å². The lowest BCUT2D eigenvalue weighted by Crippen LogP contribution is -2.18. The van der Waals surface area contributed by atoms with Crippen molar-refractivity contribution in [3.8, 4) is 23.0 Å². The highest BCUT2D eigenvalue weighted by Crippen LogP contribution is 2.36. The minimum Gasteiger partial charge on any atom is -0.455 e. The number of rotatable bonds is 24. The second-order valence-electron chi connectivity index (χ2n) is 14.0. The molecular formula is C45H62N2O2. The first-order valence-corrected chi connectivity index (χ1v) is 19.2. The molecule has 0 heterocycles. The Kier molecular flexibility index (Phi) is 16.4. The first-order chi connectivity index (χ1) is 24.0. The zero-order valence-electron chi connectivity index (χ0n) is 30.9. The van der Waals surface area contributed by atoms with E-state index in [-0.39, 0.29) is 5.41 Å². The molecule has 264 valence electrons. The topological polar surface area (TPSA) is 42.5 Å². The van der Waals surface area contributed by atoms with Gasteiger partial charge in [0.25, 0.3) is 0 Å². The fraction of sp³-hybridized carbons (Fsp3) is 0.467. The van der Waals surface area contributed by atoms with Crippen LogP contribution in [0.25, 0.3) is 0 Å². The average Bonchev–Trinajstić information content (AvgIpc) is 3.12. The quantitative estimate of drug-likeness (QED) is 0.0733. The van der Waals surface area contributed by atoms with Gasteiger partial charge in [-0.1, -0.05) is 153 Å². The number of hydrogen-bond donors (Lipinski definition) is 2. The van der Waals surface area contributed by atoms with E-state index < -0.39 is 0 Å². The average molecular weight is 663 g/mol. The summed E-state index contributed by atoms with van der Waals surface area (Å²) in [5.74, 6) is 3.41. The number of nitrogens with one attached hydrogen (secondary N) is 2. The molecule has 0 spiro atoms. The molecule has 0 fully saturated rings. The lowest BCUT2D eigenvalue weighted by Gasteiger charge is -2.26. The van der Waals surface area contributed by atoms with Gasteiger partial charge in [-0.15, -0.1) is 0 Å². The largest absolute Gasteiger partial charge is 0.455 e. The standard InChI is InChI=1S/C45H62N2O2/c1-5-7-9-11-13-15-21-35-46-41-23-17-19-25-43(41)48-39-31-27-37(28-32-39)45(3,4)38-29-33-40(34-30-38)49-44-26-20-18-24-42(44)47-36-22-16-14-12-10-8-6-2/h17-20,23-34,46-47H,5-16,21-22,35-36H2,1-4H3. The molecule has 4 nitrogen and oxygen atoms in total. The molecular weight excluding hydrogens is 601 g/mol. The van der Waals surface area contributed by atoms with Crippen LogP contribution in [0.3, 0.4) is 0 Å². The summed E-state index contributed by atoms with van der Waals surface area (Å²) in [6, 6.07) is 33.5. The van der Waals surface area contributed by atoms with Crippen molar-refractivity contribution < 1.29 is 9.47 Å². The Bertz CT molecular complexity index is 1350. The van der Waals surface area contributed by atoms with Gasteiger partial charge in [-0.05, 0) is 72.5 Å². The summed E-state index contributed by atoms with van der Waals surface area (Å²) >= 11 is 0. The van der Waals surface area contributed by atoms with Gasteiger partial charge in [-0.25, -0.2) is 0 Å². The Morgan fingerprint density at radius 2 is 0.776 bits per heavy atom. The number of benzene rings is 4. The zero-order chi connectivity index (χ0) is 34.6. The molecule has 0 aliphatic carbocycles. The molecule has 4 rings (SSSR count). The number of hydrogen-bond acceptors (Lipinski definition) is 4. The molecule has 0 radical (unpaired) electrons. The van der Waals surface area contributed by atoms with E-state index in [9.17, 15) is 0 Å². The molecule has 0 aliphatic heterocycles. The van der Waals surface area contributed by atoms with E-state index in [2.05, 4.69) is 111 Å². The van der Waals surface area contributed by atoms with Crippen LogP contribution in [0.2, 0.25) is 0 Å². The second kappa shape index (κ2) is 21.2. The van der Waals surface area contributed by atoms with Crippen LogP contribution in [-0.2, 0) is 5.41 Å². The number of para-hydroxylation sites is 4. The molecule has 49 heavy (non-hydrogen) atoms. The van der Waals surface area contributed by atoms with Crippen LogP contribution in [0, 0.1) is 0 Å². The Labute approximate surface area is 298 Å². The zero-order valence-corrected chi connectivity index (χ0v) is 30.9. The highest BCUT2D eigenvalue weighted by molar-refractivity contribution is 5.58. The maximum atomic E-state index is 6.36. The van der Waals surface area contributed by atoms with Crippen LogP contribution in [0.15, 0.2) is 97.1 Å². The fourth-order valence-corrected chi connectivity index (χ4v) is 6.31. The minimum atomic E-state index is -0.178. The molecule has 0 aromatic heterocycles. The smallest absolute Gasteiger partial charge is 0.150 e. The van der Waals surface area contributed by atoms with E-state index >= 15 is 0 Å². The summed E-state index contributed by atoms with van der Waals surface area (Å²) in [6.07, 6.45) is 18.3. The lowest BCUT2D eigenvalue weighted by molar-refractivity contribution is 0.482. The highest BCUT2D eigenvalue weighted by Gasteiger charge is 2.23. The molecule has 0 saturated carbocycles. The van der Waals surface area contributed by atoms with Crippen LogP contribution >= 0.6 is 0 Å². The summed E-state index contributed by atoms with van der Waals surface area (Å²) < 4.78 is 12.7. The maximum absolute atomic E-state index is 6.36. The Morgan fingerprint density at radius 3 is 1.16 bits per heavy atom. The van der Waals surface area contributed by atoms with Crippen LogP contribution in [0.4, 0.5) is 11.4 Å². The van der Waals surface area contributed by atoms with Gasteiger partial charge in [-0.2, -0.15) is 0 Å². The number of unbranched alkanes of at least 4 members (excludes halogenated alkanes) is 12. The summed E-state index contributed by atoms with van der Waals surface area (Å²) in [5.41, 5.74) is 4.39. The van der Waals surface area contributed by atoms with Gasteiger partial charge in [0.1, 0.15) is 11.5 Å². The lowest BCUT2D eigenvalue weighted by atomic mass is 9.78.